The highest BCUT2D eigenvalue weighted by atomic mass is 15.1. The Hall–Kier alpha value is -9.20. The highest BCUT2D eigenvalue weighted by Gasteiger charge is 2.22. The summed E-state index contributed by atoms with van der Waals surface area (Å²) in [6, 6.07) is 77.6. The van der Waals surface area contributed by atoms with Crippen molar-refractivity contribution in [1.29, 1.82) is 0 Å². The Kier molecular flexibility index (Phi) is 9.03. The molecule has 67 heavy (non-hydrogen) atoms. The average Bonchev–Trinajstić information content (AvgIpc) is 3.75. The molecule has 312 valence electrons. The lowest BCUT2D eigenvalue weighted by Crippen LogP contribution is -2.05. The van der Waals surface area contributed by atoms with Crippen molar-refractivity contribution in [2.45, 2.75) is 0 Å². The zero-order valence-corrected chi connectivity index (χ0v) is 36.0. The second kappa shape index (κ2) is 15.8. The summed E-state index contributed by atoms with van der Waals surface area (Å²) in [5.41, 5.74) is 8.22. The summed E-state index contributed by atoms with van der Waals surface area (Å²) in [6.07, 6.45) is 0. The van der Waals surface area contributed by atoms with Crippen molar-refractivity contribution in [2.75, 3.05) is 0 Å². The lowest BCUT2D eigenvalue weighted by Gasteiger charge is -2.16. The van der Waals surface area contributed by atoms with Crippen LogP contribution in [0.5, 0.6) is 0 Å². The number of hydrogen-bond donors (Lipinski definition) is 0. The van der Waals surface area contributed by atoms with E-state index < -0.39 is 0 Å². The number of fused-ring (bicyclic) bond motifs is 9. The summed E-state index contributed by atoms with van der Waals surface area (Å²) >= 11 is 0. The van der Waals surface area contributed by atoms with Crippen molar-refractivity contribution in [3.63, 3.8) is 0 Å². The normalized spacial score (nSPS) is 11.6. The molecule has 0 aliphatic carbocycles. The molecule has 7 heteroatoms. The minimum atomic E-state index is 0.520. The van der Waals surface area contributed by atoms with Crippen molar-refractivity contribution in [1.82, 2.24) is 34.5 Å². The minimum Gasteiger partial charge on any atom is -0.309 e. The smallest absolute Gasteiger partial charge is 0.166 e. The summed E-state index contributed by atoms with van der Waals surface area (Å²) in [7, 11) is 0. The van der Waals surface area contributed by atoms with Gasteiger partial charge >= 0.3 is 0 Å². The second-order valence-electron chi connectivity index (χ2n) is 16.7. The molecule has 0 amide bonds. The molecule has 13 aromatic rings. The minimum absolute atomic E-state index is 0.520. The van der Waals surface area contributed by atoms with E-state index >= 15 is 0 Å². The molecule has 0 fully saturated rings. The molecular formula is C60H37N7. The molecule has 0 atom stereocenters. The van der Waals surface area contributed by atoms with Crippen LogP contribution in [-0.4, -0.2) is 34.5 Å². The van der Waals surface area contributed by atoms with Crippen molar-refractivity contribution in [2.24, 2.45) is 0 Å². The maximum absolute atomic E-state index is 5.46. The third-order valence-corrected chi connectivity index (χ3v) is 12.7. The fourth-order valence-electron chi connectivity index (χ4n) is 9.56. The summed E-state index contributed by atoms with van der Waals surface area (Å²) in [6.45, 7) is 0. The van der Waals surface area contributed by atoms with E-state index in [9.17, 15) is 0 Å². The Bertz CT molecular complexity index is 3890. The molecule has 3 aromatic heterocycles. The van der Waals surface area contributed by atoms with Gasteiger partial charge in [0, 0.05) is 44.2 Å². The zero-order chi connectivity index (χ0) is 44.3. The quantitative estimate of drug-likeness (QED) is 0.149. The summed E-state index contributed by atoms with van der Waals surface area (Å²) in [4.78, 5) is 31.4. The number of benzene rings is 10. The van der Waals surface area contributed by atoms with Crippen LogP contribution < -0.4 is 0 Å². The third-order valence-electron chi connectivity index (χ3n) is 12.7. The molecular weight excluding hydrogens is 819 g/mol. The van der Waals surface area contributed by atoms with Crippen LogP contribution in [0.25, 0.3) is 128 Å². The molecule has 0 aliphatic rings. The molecule has 0 aliphatic heterocycles. The fourth-order valence-corrected chi connectivity index (χ4v) is 9.56. The van der Waals surface area contributed by atoms with Crippen LogP contribution in [0.3, 0.4) is 0 Å². The highest BCUT2D eigenvalue weighted by molar-refractivity contribution is 6.25. The first-order chi connectivity index (χ1) is 33.2. The number of para-hydroxylation sites is 2. The second-order valence-corrected chi connectivity index (χ2v) is 16.7. The van der Waals surface area contributed by atoms with Gasteiger partial charge in [0.2, 0.25) is 0 Å². The first-order valence-corrected chi connectivity index (χ1v) is 22.4. The zero-order valence-electron chi connectivity index (χ0n) is 36.0. The first-order valence-electron chi connectivity index (χ1n) is 22.4. The van der Waals surface area contributed by atoms with Gasteiger partial charge in [-0.2, -0.15) is 0 Å². The summed E-state index contributed by atoms with van der Waals surface area (Å²) in [5.74, 6) is 3.37. The summed E-state index contributed by atoms with van der Waals surface area (Å²) in [5, 5.41) is 9.46. The van der Waals surface area contributed by atoms with E-state index in [0.29, 0.717) is 34.9 Å². The van der Waals surface area contributed by atoms with Crippen molar-refractivity contribution < 1.29 is 0 Å². The molecule has 0 spiro atoms. The lowest BCUT2D eigenvalue weighted by molar-refractivity contribution is 1.06. The van der Waals surface area contributed by atoms with E-state index in [0.717, 1.165) is 66.3 Å². The van der Waals surface area contributed by atoms with Crippen molar-refractivity contribution in [3.05, 3.63) is 224 Å². The van der Waals surface area contributed by atoms with Crippen LogP contribution in [0.4, 0.5) is 0 Å². The van der Waals surface area contributed by atoms with E-state index in [2.05, 4.69) is 138 Å². The molecule has 7 nitrogen and oxygen atoms in total. The number of aromatic nitrogens is 7. The SMILES string of the molecule is c1ccc(-c2nc(-c3ccccc3)nc(-c3ccc(-n4c5ccccc5c5ccccc54)c(-c4nc(-c5ccccc5)nc(-c5ccc6c7ccccc7c7ccccc7c6c5)n4)c3)n2)cc1. The molecule has 13 rings (SSSR count). The number of hydrogen-bond acceptors (Lipinski definition) is 6. The average molecular weight is 856 g/mol. The van der Waals surface area contributed by atoms with E-state index in [1.54, 1.807) is 0 Å². The Morgan fingerprint density at radius 2 is 0.552 bits per heavy atom. The van der Waals surface area contributed by atoms with Crippen LogP contribution in [0.1, 0.15) is 0 Å². The molecule has 0 bridgehead atoms. The topological polar surface area (TPSA) is 82.3 Å². The van der Waals surface area contributed by atoms with Crippen molar-refractivity contribution >= 4 is 54.1 Å². The molecule has 10 aromatic carbocycles. The van der Waals surface area contributed by atoms with E-state index in [1.165, 1.54) is 26.9 Å². The van der Waals surface area contributed by atoms with Gasteiger partial charge in [0.1, 0.15) is 0 Å². The number of rotatable bonds is 7. The van der Waals surface area contributed by atoms with Crippen LogP contribution in [0.15, 0.2) is 224 Å². The van der Waals surface area contributed by atoms with Gasteiger partial charge in [-0.05, 0) is 68.7 Å². The van der Waals surface area contributed by atoms with Crippen LogP contribution in [0, 0.1) is 0 Å². The Labute approximate surface area is 385 Å². The Balaban J connectivity index is 1.09. The largest absolute Gasteiger partial charge is 0.309 e. The number of nitrogens with zero attached hydrogens (tertiary/aromatic N) is 7. The van der Waals surface area contributed by atoms with Gasteiger partial charge in [-0.3, -0.25) is 0 Å². The van der Waals surface area contributed by atoms with E-state index in [4.69, 9.17) is 29.9 Å². The third kappa shape index (κ3) is 6.60. The van der Waals surface area contributed by atoms with Gasteiger partial charge in [-0.25, -0.2) is 29.9 Å². The van der Waals surface area contributed by atoms with Crippen LogP contribution in [-0.2, 0) is 0 Å². The first kappa shape index (κ1) is 38.3. The van der Waals surface area contributed by atoms with Crippen LogP contribution in [0.2, 0.25) is 0 Å². The lowest BCUT2D eigenvalue weighted by atomic mass is 9.93. The van der Waals surface area contributed by atoms with Gasteiger partial charge in [0.05, 0.1) is 16.7 Å². The molecule has 0 unspecified atom stereocenters. The molecule has 0 saturated carbocycles. The van der Waals surface area contributed by atoms with Gasteiger partial charge < -0.3 is 4.57 Å². The fraction of sp³-hybridized carbons (Fsp3) is 0. The van der Waals surface area contributed by atoms with Gasteiger partial charge in [0.15, 0.2) is 34.9 Å². The summed E-state index contributed by atoms with van der Waals surface area (Å²) < 4.78 is 2.32. The molecule has 0 radical (unpaired) electrons. The molecule has 0 N–H and O–H groups in total. The molecule has 0 saturated heterocycles. The monoisotopic (exact) mass is 855 g/mol. The van der Waals surface area contributed by atoms with Crippen LogP contribution >= 0.6 is 0 Å². The van der Waals surface area contributed by atoms with Gasteiger partial charge in [-0.15, -0.1) is 0 Å². The Morgan fingerprint density at radius 3 is 1.01 bits per heavy atom. The maximum atomic E-state index is 5.46. The van der Waals surface area contributed by atoms with Gasteiger partial charge in [-0.1, -0.05) is 188 Å². The standard InChI is InChI=1S/C60H37N7/c1-4-18-38(19-5-1)55-61-56(39-20-6-2-7-21-39)63-58(62-55)42-33-35-54(67-52-30-16-14-28-48(52)49-29-15-17-31-53(49)67)51(37-42)60-65-57(40-22-8-3-9-23-40)64-59(66-60)41-32-34-47-45-26-11-10-24-43(45)44-25-12-13-27-46(44)50(47)36-41/h1-37H. The predicted molar refractivity (Wildman–Crippen MR) is 273 cm³/mol. The maximum Gasteiger partial charge on any atom is 0.166 e. The molecule has 3 heterocycles. The van der Waals surface area contributed by atoms with E-state index in [-0.39, 0.29) is 0 Å². The predicted octanol–water partition coefficient (Wildman–Crippen LogP) is 14.6. The van der Waals surface area contributed by atoms with Gasteiger partial charge in [0.25, 0.3) is 0 Å². The Morgan fingerprint density at radius 1 is 0.224 bits per heavy atom. The highest BCUT2D eigenvalue weighted by Crippen LogP contribution is 2.40. The van der Waals surface area contributed by atoms with E-state index in [1.807, 2.05) is 91.0 Å². The van der Waals surface area contributed by atoms with Crippen molar-refractivity contribution in [3.8, 4) is 74.0 Å².